The van der Waals surface area contributed by atoms with Gasteiger partial charge >= 0.3 is 0 Å². The van der Waals surface area contributed by atoms with E-state index in [-0.39, 0.29) is 16.7 Å². The minimum atomic E-state index is -0.297. The van der Waals surface area contributed by atoms with E-state index in [0.29, 0.717) is 23.1 Å². The van der Waals surface area contributed by atoms with E-state index in [9.17, 15) is 9.59 Å². The molecule has 1 unspecified atom stereocenters. The molecule has 0 N–H and O–H groups in total. The van der Waals surface area contributed by atoms with Crippen molar-refractivity contribution in [2.24, 2.45) is 0 Å². The van der Waals surface area contributed by atoms with Crippen molar-refractivity contribution in [3.63, 3.8) is 0 Å². The number of carbonyl (C=O) groups excluding carboxylic acids is 1. The van der Waals surface area contributed by atoms with Crippen LogP contribution in [0.1, 0.15) is 49.5 Å². The van der Waals surface area contributed by atoms with E-state index in [2.05, 4.69) is 6.58 Å². The van der Waals surface area contributed by atoms with Crippen LogP contribution in [0.2, 0.25) is 0 Å². The molecule has 2 heterocycles. The lowest BCUT2D eigenvalue weighted by atomic mass is 9.94. The van der Waals surface area contributed by atoms with E-state index in [4.69, 9.17) is 4.98 Å². The first kappa shape index (κ1) is 21.1. The molecule has 0 saturated heterocycles. The van der Waals surface area contributed by atoms with Gasteiger partial charge in [-0.2, -0.15) is 0 Å². The molecule has 7 heteroatoms. The number of carbonyl (C=O) groups is 1. The van der Waals surface area contributed by atoms with Crippen molar-refractivity contribution in [2.75, 3.05) is 7.05 Å². The smallest absolute Gasteiger partial charge is 0.263 e. The van der Waals surface area contributed by atoms with Gasteiger partial charge in [-0.25, -0.2) is 4.98 Å². The van der Waals surface area contributed by atoms with Gasteiger partial charge in [0.15, 0.2) is 5.16 Å². The van der Waals surface area contributed by atoms with Crippen LogP contribution in [0, 0.1) is 13.8 Å². The second kappa shape index (κ2) is 8.82. The highest BCUT2D eigenvalue weighted by Gasteiger charge is 2.27. The van der Waals surface area contributed by atoms with E-state index in [1.165, 1.54) is 42.4 Å². The normalized spacial score (nSPS) is 16.3. The van der Waals surface area contributed by atoms with Crippen LogP contribution in [0.25, 0.3) is 10.2 Å². The van der Waals surface area contributed by atoms with E-state index >= 15 is 0 Å². The van der Waals surface area contributed by atoms with Gasteiger partial charge in [0.25, 0.3) is 5.56 Å². The summed E-state index contributed by atoms with van der Waals surface area (Å²) in [6.45, 7) is 10.1. The zero-order chi connectivity index (χ0) is 20.4. The van der Waals surface area contributed by atoms with Crippen LogP contribution >= 0.6 is 23.1 Å². The van der Waals surface area contributed by atoms with Crippen LogP contribution < -0.4 is 5.56 Å². The summed E-state index contributed by atoms with van der Waals surface area (Å²) < 4.78 is 1.64. The molecule has 152 valence electrons. The molecule has 2 aromatic heterocycles. The van der Waals surface area contributed by atoms with Crippen LogP contribution in [0.5, 0.6) is 0 Å². The number of aryl methyl sites for hydroxylation is 2. The third-order valence-corrected chi connectivity index (χ3v) is 7.84. The molecule has 2 aromatic rings. The maximum absolute atomic E-state index is 13.1. The number of aromatic nitrogens is 2. The Morgan fingerprint density at radius 3 is 2.71 bits per heavy atom. The van der Waals surface area contributed by atoms with E-state index < -0.39 is 0 Å². The van der Waals surface area contributed by atoms with Gasteiger partial charge in [-0.05, 0) is 39.2 Å². The van der Waals surface area contributed by atoms with Crippen molar-refractivity contribution in [3.8, 4) is 0 Å². The van der Waals surface area contributed by atoms with E-state index in [1.54, 1.807) is 10.6 Å². The molecule has 1 fully saturated rings. The second-order valence-electron chi connectivity index (χ2n) is 7.56. The molecular weight excluding hydrogens is 390 g/mol. The fourth-order valence-corrected chi connectivity index (χ4v) is 5.92. The van der Waals surface area contributed by atoms with Crippen molar-refractivity contribution in [2.45, 2.75) is 75.9 Å². The lowest BCUT2D eigenvalue weighted by molar-refractivity contribution is -0.131. The number of thiophene rings is 1. The summed E-state index contributed by atoms with van der Waals surface area (Å²) in [5.74, 6) is 0.106. The quantitative estimate of drug-likeness (QED) is 0.392. The number of amides is 1. The number of allylic oxidation sites excluding steroid dienone is 1. The average Bonchev–Trinajstić information content (AvgIpc) is 2.98. The fraction of sp³-hybridized carbons (Fsp3) is 0.571. The van der Waals surface area contributed by atoms with Gasteiger partial charge in [0, 0.05) is 24.5 Å². The number of rotatable bonds is 6. The Kier molecular flexibility index (Phi) is 6.65. The third kappa shape index (κ3) is 4.06. The standard InChI is InChI=1S/C21H29N3O2S2/c1-6-12-24-20(26)17-13(2)14(3)27-18(17)22-21(24)28-15(4)19(25)23(5)16-10-8-7-9-11-16/h6,15-16H,1,7-12H2,2-5H3. The van der Waals surface area contributed by atoms with Gasteiger partial charge in [0.05, 0.1) is 10.6 Å². The van der Waals surface area contributed by atoms with Gasteiger partial charge in [0.2, 0.25) is 5.91 Å². The molecule has 1 aliphatic carbocycles. The zero-order valence-corrected chi connectivity index (χ0v) is 18.8. The molecule has 1 amide bonds. The molecule has 0 aliphatic heterocycles. The molecule has 5 nitrogen and oxygen atoms in total. The zero-order valence-electron chi connectivity index (χ0n) is 17.2. The first-order chi connectivity index (χ1) is 13.3. The van der Waals surface area contributed by atoms with Gasteiger partial charge in [0.1, 0.15) is 4.83 Å². The fourth-order valence-electron chi connectivity index (χ4n) is 3.83. The van der Waals surface area contributed by atoms with Crippen LogP contribution in [-0.2, 0) is 11.3 Å². The molecule has 0 aromatic carbocycles. The summed E-state index contributed by atoms with van der Waals surface area (Å²) in [7, 11) is 1.91. The maximum atomic E-state index is 13.1. The largest absolute Gasteiger partial charge is 0.342 e. The lowest BCUT2D eigenvalue weighted by Crippen LogP contribution is -2.42. The van der Waals surface area contributed by atoms with Crippen molar-refractivity contribution >= 4 is 39.2 Å². The van der Waals surface area contributed by atoms with Crippen LogP contribution in [0.3, 0.4) is 0 Å². The number of nitrogens with zero attached hydrogens (tertiary/aromatic N) is 3. The van der Waals surface area contributed by atoms with Crippen LogP contribution in [0.15, 0.2) is 22.6 Å². The summed E-state index contributed by atoms with van der Waals surface area (Å²) >= 11 is 2.91. The summed E-state index contributed by atoms with van der Waals surface area (Å²) in [6, 6.07) is 0.331. The number of hydrogen-bond acceptors (Lipinski definition) is 5. The molecule has 1 saturated carbocycles. The molecule has 3 rings (SSSR count). The summed E-state index contributed by atoms with van der Waals surface area (Å²) in [4.78, 5) is 34.6. The first-order valence-corrected chi connectivity index (χ1v) is 11.6. The lowest BCUT2D eigenvalue weighted by Gasteiger charge is -2.32. The predicted octanol–water partition coefficient (Wildman–Crippen LogP) is 4.53. The highest BCUT2D eigenvalue weighted by Crippen LogP contribution is 2.31. The third-order valence-electron chi connectivity index (χ3n) is 5.67. The van der Waals surface area contributed by atoms with Crippen molar-refractivity contribution in [1.29, 1.82) is 0 Å². The molecule has 1 atom stereocenters. The maximum Gasteiger partial charge on any atom is 0.263 e. The van der Waals surface area contributed by atoms with Crippen LogP contribution in [0.4, 0.5) is 0 Å². The number of fused-ring (bicyclic) bond motifs is 1. The Balaban J connectivity index is 1.89. The Labute approximate surface area is 174 Å². The SMILES string of the molecule is C=CCn1c(SC(C)C(=O)N(C)C2CCCCC2)nc2sc(C)c(C)c2c1=O. The molecule has 0 spiro atoms. The molecular formula is C21H29N3O2S2. The van der Waals surface area contributed by atoms with Crippen LogP contribution in [-0.4, -0.2) is 38.7 Å². The first-order valence-electron chi connectivity index (χ1n) is 9.90. The van der Waals surface area contributed by atoms with Crippen molar-refractivity contribution in [1.82, 2.24) is 14.5 Å². The predicted molar refractivity (Wildman–Crippen MR) is 119 cm³/mol. The highest BCUT2D eigenvalue weighted by atomic mass is 32.2. The number of thioether (sulfide) groups is 1. The minimum absolute atomic E-state index is 0.0467. The minimum Gasteiger partial charge on any atom is -0.342 e. The van der Waals surface area contributed by atoms with Gasteiger partial charge in [-0.15, -0.1) is 17.9 Å². The van der Waals surface area contributed by atoms with Gasteiger partial charge in [-0.3, -0.25) is 14.2 Å². The van der Waals surface area contributed by atoms with Crippen molar-refractivity contribution < 1.29 is 4.79 Å². The summed E-state index contributed by atoms with van der Waals surface area (Å²) in [5.41, 5.74) is 0.947. The van der Waals surface area contributed by atoms with Gasteiger partial charge < -0.3 is 4.90 Å². The molecule has 0 radical (unpaired) electrons. The Morgan fingerprint density at radius 1 is 1.39 bits per heavy atom. The second-order valence-corrected chi connectivity index (χ2v) is 10.1. The average molecular weight is 420 g/mol. The monoisotopic (exact) mass is 419 g/mol. The topological polar surface area (TPSA) is 55.2 Å². The Morgan fingerprint density at radius 2 is 2.07 bits per heavy atom. The number of hydrogen-bond donors (Lipinski definition) is 0. The van der Waals surface area contributed by atoms with Gasteiger partial charge in [-0.1, -0.05) is 37.1 Å². The van der Waals surface area contributed by atoms with E-state index in [0.717, 1.165) is 28.1 Å². The molecule has 0 bridgehead atoms. The molecule has 28 heavy (non-hydrogen) atoms. The summed E-state index contributed by atoms with van der Waals surface area (Å²) in [5, 5.41) is 0.984. The van der Waals surface area contributed by atoms with E-state index in [1.807, 2.05) is 32.7 Å². The van der Waals surface area contributed by atoms with Crippen molar-refractivity contribution in [3.05, 3.63) is 33.4 Å². The molecule has 1 aliphatic rings. The Hall–Kier alpha value is -1.60. The Bertz CT molecular complexity index is 941. The highest BCUT2D eigenvalue weighted by molar-refractivity contribution is 8.00. The summed E-state index contributed by atoms with van der Waals surface area (Å²) in [6.07, 6.45) is 7.52.